The van der Waals surface area contributed by atoms with E-state index in [2.05, 4.69) is 43.2 Å². The lowest BCUT2D eigenvalue weighted by Gasteiger charge is -2.62. The molecule has 3 saturated carbocycles. The van der Waals surface area contributed by atoms with Gasteiger partial charge < -0.3 is 25.0 Å². The van der Waals surface area contributed by atoms with Crippen LogP contribution in [0.2, 0.25) is 0 Å². The number of hydrogen-bond donors (Lipinski definition) is 2. The summed E-state index contributed by atoms with van der Waals surface area (Å²) in [5.41, 5.74) is 2.84. The summed E-state index contributed by atoms with van der Waals surface area (Å²) in [6.45, 7) is 12.3. The highest BCUT2D eigenvalue weighted by Crippen LogP contribution is 2.61. The Hall–Kier alpha value is -3.59. The Balaban J connectivity index is 1.22. The average Bonchev–Trinajstić information content (AvgIpc) is 3.24. The number of nitrogens with zero attached hydrogens (tertiary/aromatic N) is 3. The van der Waals surface area contributed by atoms with E-state index in [0.29, 0.717) is 58.2 Å². The molecule has 5 aliphatic rings. The molecule has 2 N–H and O–H groups in total. The summed E-state index contributed by atoms with van der Waals surface area (Å²) in [6, 6.07) is 11.7. The van der Waals surface area contributed by atoms with Crippen LogP contribution in [0.15, 0.2) is 41.4 Å². The lowest BCUT2D eigenvalue weighted by molar-refractivity contribution is -0.112. The Morgan fingerprint density at radius 3 is 2.53 bits per heavy atom. The maximum Gasteiger partial charge on any atom is 0.261 e. The smallest absolute Gasteiger partial charge is 0.261 e. The first-order valence-corrected chi connectivity index (χ1v) is 15.7. The second-order valence-electron chi connectivity index (χ2n) is 13.4. The molecule has 9 heteroatoms. The van der Waals surface area contributed by atoms with E-state index in [1.807, 2.05) is 24.3 Å². The fourth-order valence-electron chi connectivity index (χ4n) is 7.79. The van der Waals surface area contributed by atoms with Crippen molar-refractivity contribution in [3.8, 4) is 11.5 Å². The van der Waals surface area contributed by atoms with Crippen molar-refractivity contribution in [2.45, 2.75) is 59.0 Å². The first-order valence-electron chi connectivity index (χ1n) is 15.7. The van der Waals surface area contributed by atoms with Crippen molar-refractivity contribution in [1.82, 2.24) is 20.4 Å². The third kappa shape index (κ3) is 5.37. The quantitative estimate of drug-likeness (QED) is 0.280. The van der Waals surface area contributed by atoms with Crippen LogP contribution in [0.4, 0.5) is 5.69 Å². The third-order valence-electron chi connectivity index (χ3n) is 10.6. The number of fused-ring (bicyclic) bond motifs is 3. The van der Waals surface area contributed by atoms with E-state index in [9.17, 15) is 9.59 Å². The Morgan fingerprint density at radius 2 is 1.84 bits per heavy atom. The number of methoxy groups -OCH3 is 2. The van der Waals surface area contributed by atoms with E-state index in [1.165, 1.54) is 11.3 Å². The van der Waals surface area contributed by atoms with Gasteiger partial charge in [-0.05, 0) is 79.2 Å². The molecule has 5 atom stereocenters. The molecule has 2 aromatic carbocycles. The highest BCUT2D eigenvalue weighted by Gasteiger charge is 2.56. The fraction of sp³-hybridized carbons (Fsp3) is 0.559. The summed E-state index contributed by atoms with van der Waals surface area (Å²) in [5.74, 6) is 3.70. The van der Waals surface area contributed by atoms with Crippen molar-refractivity contribution >= 4 is 23.5 Å². The van der Waals surface area contributed by atoms with Crippen molar-refractivity contribution in [3.05, 3.63) is 53.1 Å². The van der Waals surface area contributed by atoms with Gasteiger partial charge in [0.25, 0.3) is 11.8 Å². The standard InChI is InChI=1S/C34H45N5O4/c1-20-19-38(14-12-35-20)33(37-29-16-23-15-28(21(29)2)34(23,3)4)36-24-8-10-26-27(17-24)32(41)39(31(26)40)13-11-22-7-9-25(42-5)18-30(22)43-6/h7-10,17-18,20-21,23,28-29,35H,11-16,19H2,1-6H3,(H,36,37)/t20-,21+,23-,28-,29-/m0/s1. The summed E-state index contributed by atoms with van der Waals surface area (Å²) in [7, 11) is 3.21. The van der Waals surface area contributed by atoms with Crippen LogP contribution in [0.3, 0.4) is 0 Å². The number of carbonyl (C=O) groups is 2. The van der Waals surface area contributed by atoms with Gasteiger partial charge in [0.2, 0.25) is 0 Å². The number of guanidine groups is 1. The van der Waals surface area contributed by atoms with Gasteiger partial charge >= 0.3 is 0 Å². The van der Waals surface area contributed by atoms with Crippen LogP contribution in [0.1, 0.15) is 66.8 Å². The molecule has 0 unspecified atom stereocenters. The molecular formula is C34H45N5O4. The lowest BCUT2D eigenvalue weighted by atomic mass is 9.45. The number of piperazine rings is 1. The fourth-order valence-corrected chi connectivity index (χ4v) is 7.79. The Kier molecular flexibility index (Phi) is 7.87. The molecule has 2 bridgehead atoms. The lowest BCUT2D eigenvalue weighted by Crippen LogP contribution is -2.63. The molecule has 7 rings (SSSR count). The Morgan fingerprint density at radius 1 is 1.05 bits per heavy atom. The number of benzene rings is 2. The van der Waals surface area contributed by atoms with Gasteiger partial charge in [-0.1, -0.05) is 26.8 Å². The van der Waals surface area contributed by atoms with Crippen LogP contribution >= 0.6 is 0 Å². The van der Waals surface area contributed by atoms with Crippen molar-refractivity contribution in [2.75, 3.05) is 40.4 Å². The number of hydrogen-bond acceptors (Lipinski definition) is 6. The maximum atomic E-state index is 13.5. The monoisotopic (exact) mass is 587 g/mol. The van der Waals surface area contributed by atoms with Crippen LogP contribution in [-0.4, -0.2) is 80.1 Å². The first kappa shape index (κ1) is 29.5. The van der Waals surface area contributed by atoms with Crippen molar-refractivity contribution in [2.24, 2.45) is 28.2 Å². The number of carbonyl (C=O) groups excluding carboxylic acids is 2. The zero-order chi connectivity index (χ0) is 30.5. The molecule has 2 heterocycles. The SMILES string of the molecule is COc1ccc(CCN2C(=O)c3ccc(N=C(N[C@H]4C[C@@H]5C[C@@H]([C@H]4C)C5(C)C)N4CCN[C@@H](C)C4)cc3C2=O)c(OC)c1. The number of amides is 2. The van der Waals surface area contributed by atoms with Crippen LogP contribution in [0.5, 0.6) is 11.5 Å². The minimum Gasteiger partial charge on any atom is -0.497 e. The predicted octanol–water partition coefficient (Wildman–Crippen LogP) is 4.48. The van der Waals surface area contributed by atoms with Gasteiger partial charge in [0.15, 0.2) is 5.96 Å². The van der Waals surface area contributed by atoms with E-state index in [4.69, 9.17) is 14.5 Å². The summed E-state index contributed by atoms with van der Waals surface area (Å²) in [5, 5.41) is 7.39. The molecule has 230 valence electrons. The van der Waals surface area contributed by atoms with Gasteiger partial charge in [-0.25, -0.2) is 4.99 Å². The molecular weight excluding hydrogens is 542 g/mol. The summed E-state index contributed by atoms with van der Waals surface area (Å²) in [6.07, 6.45) is 2.96. The Bertz CT molecular complexity index is 1440. The number of ether oxygens (including phenoxy) is 2. The molecule has 2 aliphatic heterocycles. The van der Waals surface area contributed by atoms with E-state index in [0.717, 1.165) is 49.4 Å². The van der Waals surface area contributed by atoms with Crippen LogP contribution in [0.25, 0.3) is 0 Å². The first-order chi connectivity index (χ1) is 20.6. The molecule has 4 fully saturated rings. The van der Waals surface area contributed by atoms with Crippen LogP contribution in [0, 0.1) is 23.2 Å². The van der Waals surface area contributed by atoms with Crippen LogP contribution < -0.4 is 20.1 Å². The van der Waals surface area contributed by atoms with Gasteiger partial charge in [0, 0.05) is 44.3 Å². The highest BCUT2D eigenvalue weighted by molar-refractivity contribution is 6.21. The van der Waals surface area contributed by atoms with Crippen molar-refractivity contribution in [3.63, 3.8) is 0 Å². The number of imide groups is 1. The molecule has 9 nitrogen and oxygen atoms in total. The zero-order valence-electron chi connectivity index (χ0n) is 26.3. The summed E-state index contributed by atoms with van der Waals surface area (Å²) >= 11 is 0. The van der Waals surface area contributed by atoms with Gasteiger partial charge in [-0.2, -0.15) is 0 Å². The molecule has 43 heavy (non-hydrogen) atoms. The zero-order valence-corrected chi connectivity index (χ0v) is 26.3. The summed E-state index contributed by atoms with van der Waals surface area (Å²) < 4.78 is 10.8. The second-order valence-corrected chi connectivity index (χ2v) is 13.4. The van der Waals surface area contributed by atoms with E-state index in [-0.39, 0.29) is 18.4 Å². The molecule has 2 amide bonds. The van der Waals surface area contributed by atoms with Gasteiger partial charge in [-0.3, -0.25) is 14.5 Å². The van der Waals surface area contributed by atoms with Gasteiger partial charge in [0.1, 0.15) is 11.5 Å². The van der Waals surface area contributed by atoms with Crippen molar-refractivity contribution in [1.29, 1.82) is 0 Å². The number of aliphatic imine (C=N–C) groups is 1. The number of rotatable bonds is 7. The van der Waals surface area contributed by atoms with E-state index in [1.54, 1.807) is 26.4 Å². The molecule has 1 saturated heterocycles. The Labute approximate surface area is 255 Å². The summed E-state index contributed by atoms with van der Waals surface area (Å²) in [4.78, 5) is 35.5. The second kappa shape index (κ2) is 11.5. The van der Waals surface area contributed by atoms with Gasteiger partial charge in [-0.15, -0.1) is 0 Å². The third-order valence-corrected chi connectivity index (χ3v) is 10.6. The van der Waals surface area contributed by atoms with Crippen molar-refractivity contribution < 1.29 is 19.1 Å². The normalized spacial score (nSPS) is 28.0. The van der Waals surface area contributed by atoms with Gasteiger partial charge in [0.05, 0.1) is 31.0 Å². The molecule has 0 aromatic heterocycles. The highest BCUT2D eigenvalue weighted by atomic mass is 16.5. The van der Waals surface area contributed by atoms with E-state index >= 15 is 0 Å². The average molecular weight is 588 g/mol. The van der Waals surface area contributed by atoms with Crippen LogP contribution in [-0.2, 0) is 6.42 Å². The molecule has 2 aromatic rings. The molecule has 0 spiro atoms. The number of nitrogens with one attached hydrogen (secondary N) is 2. The van der Waals surface area contributed by atoms with E-state index < -0.39 is 0 Å². The minimum absolute atomic E-state index is 0.261. The molecule has 0 radical (unpaired) electrons. The minimum atomic E-state index is -0.280. The largest absolute Gasteiger partial charge is 0.497 e. The predicted molar refractivity (Wildman–Crippen MR) is 167 cm³/mol. The topological polar surface area (TPSA) is 95.5 Å². The maximum absolute atomic E-state index is 13.5. The molecule has 3 aliphatic carbocycles.